The minimum absolute atomic E-state index is 0.147. The van der Waals surface area contributed by atoms with Crippen molar-refractivity contribution in [3.63, 3.8) is 0 Å². The van der Waals surface area contributed by atoms with Gasteiger partial charge in [0, 0.05) is 12.6 Å². The monoisotopic (exact) mass is 421 g/mol. The molecule has 0 bridgehead atoms. The average Bonchev–Trinajstić information content (AvgIpc) is 3.13. The molecule has 6 nitrogen and oxygen atoms in total. The van der Waals surface area contributed by atoms with Crippen molar-refractivity contribution in [2.75, 3.05) is 17.2 Å². The molecule has 0 radical (unpaired) electrons. The van der Waals surface area contributed by atoms with Gasteiger partial charge in [-0.05, 0) is 66.4 Å². The predicted octanol–water partition coefficient (Wildman–Crippen LogP) is 4.28. The van der Waals surface area contributed by atoms with Gasteiger partial charge in [-0.15, -0.1) is 0 Å². The minimum Gasteiger partial charge on any atom is -0.393 e. The lowest BCUT2D eigenvalue weighted by Gasteiger charge is -2.40. The number of hydrogen-bond acceptors (Lipinski definition) is 6. The van der Waals surface area contributed by atoms with E-state index >= 15 is 0 Å². The normalized spacial score (nSPS) is 21.7. The van der Waals surface area contributed by atoms with Crippen LogP contribution < -0.4 is 10.6 Å². The van der Waals surface area contributed by atoms with E-state index in [2.05, 4.69) is 46.6 Å². The zero-order valence-electron chi connectivity index (χ0n) is 18.0. The van der Waals surface area contributed by atoms with Gasteiger partial charge in [0.05, 0.1) is 12.3 Å². The molecule has 3 N–H and O–H groups in total. The molecule has 2 aliphatic rings. The molecule has 1 heterocycles. The molecule has 4 rings (SSSR count). The van der Waals surface area contributed by atoms with Crippen LogP contribution in [-0.4, -0.2) is 33.8 Å². The number of hydrogen-bond donors (Lipinski definition) is 3. The van der Waals surface area contributed by atoms with E-state index in [-0.39, 0.29) is 23.4 Å². The second-order valence-corrected chi connectivity index (χ2v) is 9.11. The van der Waals surface area contributed by atoms with Gasteiger partial charge in [-0.3, -0.25) is 0 Å². The number of allylic oxidation sites excluding steroid dienone is 1. The zero-order valence-corrected chi connectivity index (χ0v) is 18.0. The summed E-state index contributed by atoms with van der Waals surface area (Å²) in [5.74, 6) is 0.793. The maximum absolute atomic E-state index is 13.4. The van der Waals surface area contributed by atoms with Gasteiger partial charge in [-0.2, -0.15) is 10.2 Å². The molecule has 1 aromatic carbocycles. The maximum atomic E-state index is 13.4. The molecule has 1 aromatic heterocycles. The van der Waals surface area contributed by atoms with Crippen LogP contribution in [0.4, 0.5) is 16.2 Å². The van der Waals surface area contributed by atoms with Crippen LogP contribution >= 0.6 is 0 Å². The van der Waals surface area contributed by atoms with E-state index in [4.69, 9.17) is 0 Å². The number of aromatic nitrogens is 2. The fourth-order valence-corrected chi connectivity index (χ4v) is 4.53. The van der Waals surface area contributed by atoms with Gasteiger partial charge in [0.2, 0.25) is 5.95 Å². The number of aliphatic hydroxyl groups excluding tert-OH is 1. The molecule has 1 fully saturated rings. The van der Waals surface area contributed by atoms with Gasteiger partial charge < -0.3 is 15.7 Å². The molecular weight excluding hydrogens is 393 g/mol. The number of rotatable bonds is 6. The van der Waals surface area contributed by atoms with Crippen LogP contribution in [0.2, 0.25) is 0 Å². The number of nitrogens with one attached hydrogen (secondary N) is 2. The van der Waals surface area contributed by atoms with Crippen LogP contribution in [0.3, 0.4) is 0 Å². The molecule has 0 aliphatic heterocycles. The van der Waals surface area contributed by atoms with E-state index in [9.17, 15) is 14.8 Å². The summed E-state index contributed by atoms with van der Waals surface area (Å²) in [7, 11) is 0. The molecule has 0 saturated heterocycles. The number of nitrogens with zero attached hydrogens (tertiary/aromatic N) is 3. The van der Waals surface area contributed by atoms with Crippen molar-refractivity contribution < 1.29 is 9.50 Å². The van der Waals surface area contributed by atoms with Crippen molar-refractivity contribution in [2.24, 2.45) is 5.41 Å². The predicted molar refractivity (Wildman–Crippen MR) is 119 cm³/mol. The van der Waals surface area contributed by atoms with Gasteiger partial charge in [0.25, 0.3) is 0 Å². The summed E-state index contributed by atoms with van der Waals surface area (Å²) in [6, 6.07) is 7.24. The summed E-state index contributed by atoms with van der Waals surface area (Å²) in [5, 5.41) is 26.3. The highest BCUT2D eigenvalue weighted by atomic mass is 19.1. The Kier molecular flexibility index (Phi) is 5.92. The zero-order chi connectivity index (χ0) is 22.0. The molecule has 2 atom stereocenters. The first-order chi connectivity index (χ1) is 14.9. The smallest absolute Gasteiger partial charge is 0.224 e. The second-order valence-electron chi connectivity index (χ2n) is 9.11. The SMILES string of the molecule is CC1(C)C[C@H](Nc2nc(NCCC3=CCc4cc(F)ccc43)ncc2C#N)CC[C@@H]1O. The molecule has 1 saturated carbocycles. The van der Waals surface area contributed by atoms with Crippen LogP contribution in [-0.2, 0) is 6.42 Å². The van der Waals surface area contributed by atoms with Crippen LogP contribution in [0.1, 0.15) is 56.2 Å². The highest BCUT2D eigenvalue weighted by molar-refractivity contribution is 5.73. The Labute approximate surface area is 182 Å². The topological polar surface area (TPSA) is 93.9 Å². The van der Waals surface area contributed by atoms with E-state index in [1.54, 1.807) is 6.07 Å². The summed E-state index contributed by atoms with van der Waals surface area (Å²) < 4.78 is 13.4. The van der Waals surface area contributed by atoms with E-state index < -0.39 is 0 Å². The largest absolute Gasteiger partial charge is 0.393 e. The fraction of sp³-hybridized carbons (Fsp3) is 0.458. The molecule has 7 heteroatoms. The number of halogens is 1. The third kappa shape index (κ3) is 4.70. The standard InChI is InChI=1S/C24H28FN5O/c1-24(2)12-19(6-8-21(24)31)29-22-17(13-26)14-28-23(30-22)27-10-9-15-3-4-16-11-18(25)5-7-20(15)16/h3,5,7,11,14,19,21,31H,4,6,8-10,12H2,1-2H3,(H2,27,28,29,30)/t19-,21+/m1/s1. The lowest BCUT2D eigenvalue weighted by Crippen LogP contribution is -2.41. The Bertz CT molecular complexity index is 1040. The molecule has 0 spiro atoms. The third-order valence-electron chi connectivity index (χ3n) is 6.37. The Morgan fingerprint density at radius 1 is 1.32 bits per heavy atom. The molecule has 0 amide bonds. The third-order valence-corrected chi connectivity index (χ3v) is 6.37. The quantitative estimate of drug-likeness (QED) is 0.645. The minimum atomic E-state index is -0.310. The van der Waals surface area contributed by atoms with Crippen molar-refractivity contribution in [3.8, 4) is 6.07 Å². The Balaban J connectivity index is 1.39. The van der Waals surface area contributed by atoms with Crippen LogP contribution in [0.5, 0.6) is 0 Å². The first kappa shape index (κ1) is 21.3. The van der Waals surface area contributed by atoms with Gasteiger partial charge in [0.1, 0.15) is 23.3 Å². The molecule has 31 heavy (non-hydrogen) atoms. The fourth-order valence-electron chi connectivity index (χ4n) is 4.53. The van der Waals surface area contributed by atoms with Crippen molar-refractivity contribution in [2.45, 2.75) is 58.1 Å². The summed E-state index contributed by atoms with van der Waals surface area (Å²) in [6.45, 7) is 4.76. The lowest BCUT2D eigenvalue weighted by atomic mass is 9.73. The number of anilines is 2. The van der Waals surface area contributed by atoms with E-state index in [1.807, 2.05) is 6.07 Å². The first-order valence-corrected chi connectivity index (χ1v) is 10.8. The molecular formula is C24H28FN5O. The van der Waals surface area contributed by atoms with Crippen molar-refractivity contribution in [1.82, 2.24) is 9.97 Å². The molecule has 2 aliphatic carbocycles. The van der Waals surface area contributed by atoms with Gasteiger partial charge in [-0.1, -0.05) is 26.0 Å². The van der Waals surface area contributed by atoms with E-state index in [1.165, 1.54) is 17.8 Å². The number of aliphatic hydroxyl groups is 1. The number of nitriles is 1. The average molecular weight is 422 g/mol. The first-order valence-electron chi connectivity index (χ1n) is 10.8. The Morgan fingerprint density at radius 2 is 2.16 bits per heavy atom. The summed E-state index contributed by atoms with van der Waals surface area (Å²) in [6.07, 6.45) is 7.26. The maximum Gasteiger partial charge on any atom is 0.224 e. The van der Waals surface area contributed by atoms with Gasteiger partial charge >= 0.3 is 0 Å². The van der Waals surface area contributed by atoms with Crippen LogP contribution in [0.25, 0.3) is 5.57 Å². The van der Waals surface area contributed by atoms with Crippen molar-refractivity contribution >= 4 is 17.3 Å². The Hall–Kier alpha value is -2.98. The summed E-state index contributed by atoms with van der Waals surface area (Å²) >= 11 is 0. The van der Waals surface area contributed by atoms with E-state index in [0.717, 1.165) is 43.2 Å². The van der Waals surface area contributed by atoms with Crippen molar-refractivity contribution in [1.29, 1.82) is 5.26 Å². The number of fused-ring (bicyclic) bond motifs is 1. The molecule has 162 valence electrons. The molecule has 2 aromatic rings. The van der Waals surface area contributed by atoms with Crippen molar-refractivity contribution in [3.05, 3.63) is 53.0 Å². The van der Waals surface area contributed by atoms with Crippen LogP contribution in [0, 0.1) is 22.6 Å². The summed E-state index contributed by atoms with van der Waals surface area (Å²) in [4.78, 5) is 8.81. The highest BCUT2D eigenvalue weighted by Crippen LogP contribution is 2.37. The molecule has 0 unspecified atom stereocenters. The number of benzene rings is 1. The van der Waals surface area contributed by atoms with Crippen LogP contribution in [0.15, 0.2) is 30.5 Å². The highest BCUT2D eigenvalue weighted by Gasteiger charge is 2.35. The Morgan fingerprint density at radius 3 is 2.94 bits per heavy atom. The van der Waals surface area contributed by atoms with Gasteiger partial charge in [0.15, 0.2) is 0 Å². The van der Waals surface area contributed by atoms with Gasteiger partial charge in [-0.25, -0.2) is 9.37 Å². The van der Waals surface area contributed by atoms with E-state index in [0.29, 0.717) is 23.9 Å². The summed E-state index contributed by atoms with van der Waals surface area (Å²) in [5.41, 5.74) is 3.55. The lowest BCUT2D eigenvalue weighted by molar-refractivity contribution is 0.00926. The second kappa shape index (κ2) is 8.64.